The molecule has 7 heteroatoms. The predicted octanol–water partition coefficient (Wildman–Crippen LogP) is 6.05. The molecule has 1 aromatic carbocycles. The number of thioether (sulfide) groups is 1. The molecular weight excluding hydrogens is 458 g/mol. The topological polar surface area (TPSA) is 63.7 Å². The van der Waals surface area contributed by atoms with Crippen LogP contribution in [0.1, 0.15) is 65.0 Å². The number of ether oxygens (including phenoxy) is 2. The Bertz CT molecular complexity index is 1010. The summed E-state index contributed by atoms with van der Waals surface area (Å²) in [5.74, 6) is 4.70. The van der Waals surface area contributed by atoms with Crippen LogP contribution in [0.5, 0.6) is 5.75 Å². The molecule has 3 aliphatic heterocycles. The van der Waals surface area contributed by atoms with Gasteiger partial charge in [0.1, 0.15) is 11.9 Å². The second-order valence-corrected chi connectivity index (χ2v) is 12.2. The summed E-state index contributed by atoms with van der Waals surface area (Å²) in [5, 5.41) is 3.98. The number of nitrogens with zero attached hydrogens (tertiary/aromatic N) is 2. The van der Waals surface area contributed by atoms with Crippen molar-refractivity contribution in [3.63, 3.8) is 0 Å². The summed E-state index contributed by atoms with van der Waals surface area (Å²) in [6.45, 7) is 10.3. The molecule has 35 heavy (non-hydrogen) atoms. The Morgan fingerprint density at radius 2 is 2.11 bits per heavy atom. The molecule has 0 radical (unpaired) electrons. The second kappa shape index (κ2) is 11.4. The Hall–Kier alpha value is -1.99. The number of aromatic nitrogens is 1. The standard InChI is InChI=1S/C28H41N3O3S/c1-6-14-35-15-11-20-18-31-13-10-19(20)16-25(31)26(34-27(32)30-28(2,3)4)22-9-12-29-24-8-7-21(33-5)17-23(22)24/h7-9,12,17,19-20,25-26H,6,10-11,13-16,18H2,1-5H3,(H,30,32)/t19-,20-,25-,26+/m0/s1. The Morgan fingerprint density at radius 1 is 1.29 bits per heavy atom. The molecule has 1 amide bonds. The van der Waals surface area contributed by atoms with Gasteiger partial charge in [-0.3, -0.25) is 9.88 Å². The Balaban J connectivity index is 1.62. The summed E-state index contributed by atoms with van der Waals surface area (Å²) < 4.78 is 11.8. The van der Waals surface area contributed by atoms with Gasteiger partial charge in [0.25, 0.3) is 0 Å². The van der Waals surface area contributed by atoms with Crippen LogP contribution < -0.4 is 10.1 Å². The Kier molecular flexibility index (Phi) is 8.48. The van der Waals surface area contributed by atoms with Gasteiger partial charge in [-0.2, -0.15) is 11.8 Å². The first-order valence-electron chi connectivity index (χ1n) is 13.0. The van der Waals surface area contributed by atoms with E-state index in [1.54, 1.807) is 7.11 Å². The molecule has 192 valence electrons. The van der Waals surface area contributed by atoms with Gasteiger partial charge in [-0.25, -0.2) is 4.79 Å². The number of rotatable bonds is 9. The highest BCUT2D eigenvalue weighted by Gasteiger charge is 2.45. The van der Waals surface area contributed by atoms with Gasteiger partial charge in [0.15, 0.2) is 0 Å². The largest absolute Gasteiger partial charge is 0.497 e. The number of carbonyl (C=O) groups excluding carboxylic acids is 1. The number of nitrogens with one attached hydrogen (secondary N) is 1. The lowest BCUT2D eigenvalue weighted by atomic mass is 9.72. The zero-order chi connectivity index (χ0) is 25.0. The van der Waals surface area contributed by atoms with Crippen LogP contribution in [0.25, 0.3) is 10.9 Å². The van der Waals surface area contributed by atoms with E-state index >= 15 is 0 Å². The zero-order valence-electron chi connectivity index (χ0n) is 21.9. The molecule has 4 heterocycles. The fourth-order valence-electron chi connectivity index (χ4n) is 5.62. The van der Waals surface area contributed by atoms with Crippen LogP contribution in [-0.4, -0.2) is 59.3 Å². The van der Waals surface area contributed by atoms with Crippen molar-refractivity contribution in [1.82, 2.24) is 15.2 Å². The van der Waals surface area contributed by atoms with Gasteiger partial charge >= 0.3 is 6.09 Å². The van der Waals surface area contributed by atoms with E-state index in [-0.39, 0.29) is 23.8 Å². The minimum atomic E-state index is -0.370. The maximum atomic E-state index is 13.0. The van der Waals surface area contributed by atoms with E-state index in [1.165, 1.54) is 30.8 Å². The zero-order valence-corrected chi connectivity index (χ0v) is 22.7. The van der Waals surface area contributed by atoms with E-state index in [0.29, 0.717) is 5.92 Å². The number of fused-ring (bicyclic) bond motifs is 4. The predicted molar refractivity (Wildman–Crippen MR) is 144 cm³/mol. The highest BCUT2D eigenvalue weighted by molar-refractivity contribution is 7.99. The third-order valence-electron chi connectivity index (χ3n) is 7.27. The summed E-state index contributed by atoms with van der Waals surface area (Å²) >= 11 is 2.08. The number of alkyl carbamates (subject to hydrolysis) is 1. The molecule has 0 saturated carbocycles. The van der Waals surface area contributed by atoms with Gasteiger partial charge < -0.3 is 14.8 Å². The molecule has 1 unspecified atom stereocenters. The molecule has 5 rings (SSSR count). The van der Waals surface area contributed by atoms with Gasteiger partial charge in [-0.15, -0.1) is 0 Å². The van der Waals surface area contributed by atoms with E-state index < -0.39 is 0 Å². The fourth-order valence-corrected chi connectivity index (χ4v) is 6.59. The average molecular weight is 500 g/mol. The summed E-state index contributed by atoms with van der Waals surface area (Å²) in [4.78, 5) is 20.2. The molecule has 1 aromatic heterocycles. The Morgan fingerprint density at radius 3 is 2.80 bits per heavy atom. The minimum Gasteiger partial charge on any atom is -0.497 e. The van der Waals surface area contributed by atoms with Crippen LogP contribution in [0.15, 0.2) is 30.5 Å². The summed E-state index contributed by atoms with van der Waals surface area (Å²) in [6, 6.07) is 8.09. The molecule has 0 aliphatic carbocycles. The quantitative estimate of drug-likeness (QED) is 0.424. The lowest BCUT2D eigenvalue weighted by molar-refractivity contribution is -0.0609. The van der Waals surface area contributed by atoms with E-state index in [4.69, 9.17) is 9.47 Å². The van der Waals surface area contributed by atoms with Crippen molar-refractivity contribution in [2.75, 3.05) is 31.7 Å². The van der Waals surface area contributed by atoms with Gasteiger partial charge in [-0.1, -0.05) is 6.92 Å². The van der Waals surface area contributed by atoms with Crippen LogP contribution in [-0.2, 0) is 4.74 Å². The molecular formula is C28H41N3O3S. The molecule has 6 nitrogen and oxygen atoms in total. The molecule has 1 N–H and O–H groups in total. The summed E-state index contributed by atoms with van der Waals surface area (Å²) in [5.41, 5.74) is 1.53. The molecule has 2 bridgehead atoms. The number of hydrogen-bond acceptors (Lipinski definition) is 6. The number of amides is 1. The van der Waals surface area contributed by atoms with Crippen LogP contribution in [0, 0.1) is 11.8 Å². The number of pyridine rings is 1. The van der Waals surface area contributed by atoms with Crippen molar-refractivity contribution < 1.29 is 14.3 Å². The van der Waals surface area contributed by atoms with Crippen LogP contribution in [0.4, 0.5) is 4.79 Å². The van der Waals surface area contributed by atoms with Crippen molar-refractivity contribution >= 4 is 28.8 Å². The summed E-state index contributed by atoms with van der Waals surface area (Å²) in [7, 11) is 1.67. The highest BCUT2D eigenvalue weighted by atomic mass is 32.2. The van der Waals surface area contributed by atoms with Crippen molar-refractivity contribution in [2.45, 2.75) is 71.1 Å². The van der Waals surface area contributed by atoms with Crippen LogP contribution >= 0.6 is 11.8 Å². The lowest BCUT2D eigenvalue weighted by Gasteiger charge is -2.52. The Labute approximate surface area is 214 Å². The van der Waals surface area contributed by atoms with E-state index in [9.17, 15) is 4.79 Å². The first kappa shape index (κ1) is 26.1. The average Bonchev–Trinajstić information content (AvgIpc) is 2.84. The van der Waals surface area contributed by atoms with Gasteiger partial charge in [0.05, 0.1) is 18.7 Å². The monoisotopic (exact) mass is 499 g/mol. The van der Waals surface area contributed by atoms with Gasteiger partial charge in [0.2, 0.25) is 0 Å². The van der Waals surface area contributed by atoms with Crippen LogP contribution in [0.3, 0.4) is 0 Å². The first-order valence-corrected chi connectivity index (χ1v) is 14.2. The number of benzene rings is 1. The maximum Gasteiger partial charge on any atom is 0.408 e. The molecule has 3 fully saturated rings. The number of carbonyl (C=O) groups is 1. The number of piperidine rings is 3. The van der Waals surface area contributed by atoms with Gasteiger partial charge in [-0.05, 0) is 101 Å². The highest BCUT2D eigenvalue weighted by Crippen LogP contribution is 2.44. The second-order valence-electron chi connectivity index (χ2n) is 11.0. The number of methoxy groups -OCH3 is 1. The molecule has 3 saturated heterocycles. The lowest BCUT2D eigenvalue weighted by Crippen LogP contribution is -2.56. The molecule has 0 spiro atoms. The normalized spacial score (nSPS) is 24.8. The number of hydrogen-bond donors (Lipinski definition) is 1. The van der Waals surface area contributed by atoms with E-state index in [0.717, 1.165) is 47.6 Å². The van der Waals surface area contributed by atoms with Crippen LogP contribution in [0.2, 0.25) is 0 Å². The SMILES string of the molecule is CCCSCC[C@H]1CN2CC[C@H]1C[C@H]2[C@H](OC(=O)NC(C)(C)C)c1ccnc2ccc(OC)cc12. The van der Waals surface area contributed by atoms with Crippen molar-refractivity contribution in [3.8, 4) is 5.75 Å². The smallest absolute Gasteiger partial charge is 0.408 e. The fraction of sp³-hybridized carbons (Fsp3) is 0.643. The maximum absolute atomic E-state index is 13.0. The third-order valence-corrected chi connectivity index (χ3v) is 8.49. The van der Waals surface area contributed by atoms with Crippen molar-refractivity contribution in [3.05, 3.63) is 36.0 Å². The van der Waals surface area contributed by atoms with E-state index in [2.05, 4.69) is 33.9 Å². The van der Waals surface area contributed by atoms with Crippen molar-refractivity contribution in [2.24, 2.45) is 11.8 Å². The summed E-state index contributed by atoms with van der Waals surface area (Å²) in [6.07, 6.45) is 5.91. The minimum absolute atomic E-state index is 0.163. The third kappa shape index (κ3) is 6.42. The molecule has 2 aromatic rings. The molecule has 3 aliphatic rings. The van der Waals surface area contributed by atoms with E-state index in [1.807, 2.05) is 51.2 Å². The molecule has 5 atom stereocenters. The van der Waals surface area contributed by atoms with Gasteiger partial charge in [0, 0.05) is 29.2 Å². The first-order chi connectivity index (χ1) is 16.8. The van der Waals surface area contributed by atoms with Crippen molar-refractivity contribution in [1.29, 1.82) is 0 Å².